The van der Waals surface area contributed by atoms with Gasteiger partial charge in [0.25, 0.3) is 0 Å². The molecular formula is C22H31NO4. The van der Waals surface area contributed by atoms with Crippen LogP contribution in [0.4, 0.5) is 0 Å². The first-order chi connectivity index (χ1) is 12.7. The molecule has 0 bridgehead atoms. The summed E-state index contributed by atoms with van der Waals surface area (Å²) in [6.45, 7) is 3.52. The Hall–Kier alpha value is -1.30. The lowest BCUT2D eigenvalue weighted by molar-refractivity contribution is -0.178. The van der Waals surface area contributed by atoms with Crippen molar-refractivity contribution < 1.29 is 20.1 Å². The number of hydrogen-bond donors (Lipinski definition) is 3. The zero-order chi connectivity index (χ0) is 19.6. The van der Waals surface area contributed by atoms with Crippen molar-refractivity contribution in [2.75, 3.05) is 13.7 Å². The number of aliphatic hydroxyl groups excluding tert-OH is 2. The highest BCUT2D eigenvalue weighted by Gasteiger charge is 2.67. The summed E-state index contributed by atoms with van der Waals surface area (Å²) in [5.74, 6) is 0.0181. The average molecular weight is 373 g/mol. The van der Waals surface area contributed by atoms with Gasteiger partial charge in [-0.05, 0) is 56.1 Å². The predicted molar refractivity (Wildman–Crippen MR) is 103 cm³/mol. The van der Waals surface area contributed by atoms with E-state index in [9.17, 15) is 20.1 Å². The van der Waals surface area contributed by atoms with Crippen molar-refractivity contribution in [1.29, 1.82) is 0 Å². The van der Waals surface area contributed by atoms with E-state index in [0.29, 0.717) is 12.8 Å². The fourth-order valence-corrected chi connectivity index (χ4v) is 7.07. The van der Waals surface area contributed by atoms with Crippen LogP contribution in [-0.2, 0) is 4.79 Å². The Morgan fingerprint density at radius 1 is 1.33 bits per heavy atom. The number of carbonyl (C=O) groups excluding carboxylic acids is 1. The smallest absolute Gasteiger partial charge is 0.190 e. The van der Waals surface area contributed by atoms with Gasteiger partial charge in [-0.3, -0.25) is 9.79 Å². The molecule has 3 N–H and O–H groups in total. The van der Waals surface area contributed by atoms with Gasteiger partial charge in [0, 0.05) is 23.8 Å². The van der Waals surface area contributed by atoms with Gasteiger partial charge in [0.1, 0.15) is 12.2 Å². The normalized spacial score (nSPS) is 50.0. The van der Waals surface area contributed by atoms with Gasteiger partial charge < -0.3 is 15.3 Å². The third kappa shape index (κ3) is 2.34. The highest BCUT2D eigenvalue weighted by Crippen LogP contribution is 2.67. The van der Waals surface area contributed by atoms with Crippen LogP contribution in [0.25, 0.3) is 0 Å². The maximum absolute atomic E-state index is 12.4. The topological polar surface area (TPSA) is 90.1 Å². The average Bonchev–Trinajstić information content (AvgIpc) is 2.91. The van der Waals surface area contributed by atoms with Crippen LogP contribution in [0.2, 0.25) is 0 Å². The van der Waals surface area contributed by atoms with E-state index >= 15 is 0 Å². The Morgan fingerprint density at radius 3 is 2.74 bits per heavy atom. The quantitative estimate of drug-likeness (QED) is 0.691. The summed E-state index contributed by atoms with van der Waals surface area (Å²) in [6.07, 6.45) is 9.28. The molecule has 3 saturated carbocycles. The standard InChI is InChI=1S/C22H31NO4/c1-20-8-6-14(23-3)10-13(20)4-5-15-16-7-9-22(27,18(26)12-24)21(16,2)11-17(25)19(15)20/h6,8,10,15-17,19,24-25,27H,4-5,7,9,11-12H2,1-3H3/t15?,16?,17-,19?,20-,21-,22-/m0/s1. The number of nitrogens with zero attached hydrogens (tertiary/aromatic N) is 1. The molecule has 7 atom stereocenters. The van der Waals surface area contributed by atoms with Crippen LogP contribution in [-0.4, -0.2) is 52.2 Å². The van der Waals surface area contributed by atoms with Gasteiger partial charge in [0.05, 0.1) is 11.8 Å². The maximum atomic E-state index is 12.4. The third-order valence-corrected chi connectivity index (χ3v) is 8.52. The minimum atomic E-state index is -1.53. The summed E-state index contributed by atoms with van der Waals surface area (Å²) in [5, 5.41) is 31.9. The lowest BCUT2D eigenvalue weighted by Crippen LogP contribution is -2.61. The van der Waals surface area contributed by atoms with Crippen LogP contribution in [0.5, 0.6) is 0 Å². The van der Waals surface area contributed by atoms with Crippen molar-refractivity contribution in [3.8, 4) is 0 Å². The molecule has 5 heteroatoms. The minimum Gasteiger partial charge on any atom is -0.393 e. The van der Waals surface area contributed by atoms with Gasteiger partial charge in [-0.1, -0.05) is 25.5 Å². The number of rotatable bonds is 2. The van der Waals surface area contributed by atoms with Crippen LogP contribution in [0.3, 0.4) is 0 Å². The predicted octanol–water partition coefficient (Wildman–Crippen LogP) is 2.06. The third-order valence-electron chi connectivity index (χ3n) is 8.52. The first-order valence-electron chi connectivity index (χ1n) is 10.1. The zero-order valence-electron chi connectivity index (χ0n) is 16.5. The van der Waals surface area contributed by atoms with Gasteiger partial charge in [-0.2, -0.15) is 0 Å². The SMILES string of the molecule is CN=C1C=C[C@@]2(C)C(=C1)CCC1C2[C@@H](O)C[C@@]2(C)C1CC[C@]2(O)C(=O)CO. The Kier molecular flexibility index (Phi) is 4.30. The summed E-state index contributed by atoms with van der Waals surface area (Å²) in [7, 11) is 1.80. The second-order valence-electron chi connectivity index (χ2n) is 9.44. The number of aliphatic imine (C=N–C) groups is 1. The summed E-state index contributed by atoms with van der Waals surface area (Å²) in [5.41, 5.74) is -0.118. The maximum Gasteiger partial charge on any atom is 0.190 e. The molecule has 4 rings (SSSR count). The van der Waals surface area contributed by atoms with Gasteiger partial charge >= 0.3 is 0 Å². The monoisotopic (exact) mass is 373 g/mol. The Labute approximate surface area is 160 Å². The Bertz CT molecular complexity index is 755. The van der Waals surface area contributed by atoms with E-state index < -0.39 is 29.5 Å². The van der Waals surface area contributed by atoms with Gasteiger partial charge in [-0.15, -0.1) is 0 Å². The van der Waals surface area contributed by atoms with Crippen LogP contribution in [0.1, 0.15) is 46.0 Å². The number of hydrogen-bond acceptors (Lipinski definition) is 5. The van der Waals surface area contributed by atoms with E-state index in [1.54, 1.807) is 7.05 Å². The number of aliphatic hydroxyl groups is 3. The highest BCUT2D eigenvalue weighted by atomic mass is 16.3. The van der Waals surface area contributed by atoms with Crippen molar-refractivity contribution in [3.05, 3.63) is 23.8 Å². The molecule has 0 aromatic heterocycles. The van der Waals surface area contributed by atoms with E-state index in [-0.39, 0.29) is 23.2 Å². The molecule has 0 aliphatic heterocycles. The summed E-state index contributed by atoms with van der Waals surface area (Å²) >= 11 is 0. The molecule has 3 unspecified atom stereocenters. The summed E-state index contributed by atoms with van der Waals surface area (Å²) in [6, 6.07) is 0. The van der Waals surface area contributed by atoms with E-state index in [0.717, 1.165) is 25.0 Å². The fourth-order valence-electron chi connectivity index (χ4n) is 7.07. The molecule has 4 aliphatic carbocycles. The Balaban J connectivity index is 1.74. The second kappa shape index (κ2) is 6.10. The van der Waals surface area contributed by atoms with E-state index in [4.69, 9.17) is 0 Å². The highest BCUT2D eigenvalue weighted by molar-refractivity contribution is 6.05. The fraction of sp³-hybridized carbons (Fsp3) is 0.727. The van der Waals surface area contributed by atoms with Gasteiger partial charge in [0.2, 0.25) is 0 Å². The van der Waals surface area contributed by atoms with Crippen molar-refractivity contribution in [3.63, 3.8) is 0 Å². The molecule has 0 heterocycles. The molecule has 0 aromatic rings. The molecule has 0 amide bonds. The Morgan fingerprint density at radius 2 is 2.07 bits per heavy atom. The molecule has 148 valence electrons. The lowest BCUT2D eigenvalue weighted by atomic mass is 9.46. The summed E-state index contributed by atoms with van der Waals surface area (Å²) in [4.78, 5) is 16.7. The van der Waals surface area contributed by atoms with E-state index in [1.807, 2.05) is 13.0 Å². The molecule has 4 aliphatic rings. The molecule has 0 aromatic carbocycles. The summed E-state index contributed by atoms with van der Waals surface area (Å²) < 4.78 is 0. The number of ketones is 1. The van der Waals surface area contributed by atoms with Gasteiger partial charge in [-0.25, -0.2) is 0 Å². The van der Waals surface area contributed by atoms with E-state index in [1.165, 1.54) is 5.57 Å². The minimum absolute atomic E-state index is 0.0804. The van der Waals surface area contributed by atoms with Crippen LogP contribution < -0.4 is 0 Å². The molecule has 0 saturated heterocycles. The largest absolute Gasteiger partial charge is 0.393 e. The van der Waals surface area contributed by atoms with Crippen LogP contribution in [0, 0.1) is 28.6 Å². The van der Waals surface area contributed by atoms with Crippen LogP contribution >= 0.6 is 0 Å². The lowest BCUT2D eigenvalue weighted by Gasteiger charge is -2.59. The molecule has 0 spiro atoms. The van der Waals surface area contributed by atoms with Crippen molar-refractivity contribution in [1.82, 2.24) is 0 Å². The molecule has 27 heavy (non-hydrogen) atoms. The second-order valence-corrected chi connectivity index (χ2v) is 9.44. The number of allylic oxidation sites excluding steroid dienone is 4. The number of Topliss-reactive ketones (excluding diaryl/α,β-unsaturated/α-hetero) is 1. The number of carbonyl (C=O) groups is 1. The first kappa shape index (κ1) is 19.0. The van der Waals surface area contributed by atoms with E-state index in [2.05, 4.69) is 24.1 Å². The molecule has 3 fully saturated rings. The molecule has 5 nitrogen and oxygen atoms in total. The molecule has 0 radical (unpaired) electrons. The van der Waals surface area contributed by atoms with Crippen molar-refractivity contribution >= 4 is 11.5 Å². The van der Waals surface area contributed by atoms with Crippen molar-refractivity contribution in [2.24, 2.45) is 33.6 Å². The van der Waals surface area contributed by atoms with Crippen LogP contribution in [0.15, 0.2) is 28.8 Å². The number of fused-ring (bicyclic) bond motifs is 5. The zero-order valence-corrected chi connectivity index (χ0v) is 16.5. The first-order valence-corrected chi connectivity index (χ1v) is 10.1. The molecular weight excluding hydrogens is 342 g/mol. The van der Waals surface area contributed by atoms with Gasteiger partial charge in [0.15, 0.2) is 5.78 Å². The van der Waals surface area contributed by atoms with Crippen molar-refractivity contribution in [2.45, 2.75) is 57.7 Å².